The van der Waals surface area contributed by atoms with Crippen LogP contribution in [0.2, 0.25) is 0 Å². The molecule has 2 aliphatic rings. The Morgan fingerprint density at radius 2 is 2.11 bits per heavy atom. The summed E-state index contributed by atoms with van der Waals surface area (Å²) in [6.07, 6.45) is 7.67. The molecule has 0 atom stereocenters. The standard InChI is InChI=1S/C20H22N4O3S/c1-28(25,26)16-7-14(11-21-12-16)20-23-17-8-15(22-10-13-3-4-13)9-18-19(17)24(20)5-2-6-27-18/h7-9,11-13,22H,2-6,10H2,1H3. The van der Waals surface area contributed by atoms with Gasteiger partial charge in [-0.15, -0.1) is 0 Å². The van der Waals surface area contributed by atoms with Gasteiger partial charge in [-0.3, -0.25) is 4.98 Å². The molecule has 0 bridgehead atoms. The van der Waals surface area contributed by atoms with Crippen LogP contribution < -0.4 is 10.1 Å². The second kappa shape index (κ2) is 6.48. The molecule has 146 valence electrons. The van der Waals surface area contributed by atoms with E-state index in [4.69, 9.17) is 9.72 Å². The van der Waals surface area contributed by atoms with E-state index < -0.39 is 9.84 Å². The van der Waals surface area contributed by atoms with E-state index in [0.717, 1.165) is 53.7 Å². The molecule has 0 radical (unpaired) electrons. The van der Waals surface area contributed by atoms with Gasteiger partial charge in [0.2, 0.25) is 0 Å². The Hall–Kier alpha value is -2.61. The van der Waals surface area contributed by atoms with E-state index in [2.05, 4.69) is 14.9 Å². The average molecular weight is 398 g/mol. The summed E-state index contributed by atoms with van der Waals surface area (Å²) >= 11 is 0. The number of nitrogens with one attached hydrogen (secondary N) is 1. The van der Waals surface area contributed by atoms with Crippen LogP contribution in [-0.2, 0) is 16.4 Å². The molecule has 3 heterocycles. The molecule has 0 saturated heterocycles. The molecule has 8 heteroatoms. The SMILES string of the molecule is CS(=O)(=O)c1cncc(-c2nc3cc(NCC4CC4)cc4c3n2CCCO4)c1. The first-order valence-corrected chi connectivity index (χ1v) is 11.4. The van der Waals surface area contributed by atoms with Gasteiger partial charge in [-0.1, -0.05) is 0 Å². The molecule has 1 aliphatic carbocycles. The molecule has 1 N–H and O–H groups in total. The van der Waals surface area contributed by atoms with E-state index >= 15 is 0 Å². The Kier molecular flexibility index (Phi) is 4.04. The van der Waals surface area contributed by atoms with Crippen LogP contribution in [-0.4, -0.2) is 42.4 Å². The number of hydrogen-bond acceptors (Lipinski definition) is 6. The highest BCUT2D eigenvalue weighted by molar-refractivity contribution is 7.90. The molecule has 28 heavy (non-hydrogen) atoms. The van der Waals surface area contributed by atoms with Crippen molar-refractivity contribution in [2.75, 3.05) is 24.7 Å². The number of benzene rings is 1. The largest absolute Gasteiger partial charge is 0.491 e. The van der Waals surface area contributed by atoms with E-state index in [9.17, 15) is 8.42 Å². The first kappa shape index (κ1) is 17.5. The van der Waals surface area contributed by atoms with Gasteiger partial charge in [0.15, 0.2) is 9.84 Å². The number of rotatable bonds is 5. The first-order valence-electron chi connectivity index (χ1n) is 9.55. The molecule has 0 unspecified atom stereocenters. The van der Waals surface area contributed by atoms with Crippen molar-refractivity contribution in [3.8, 4) is 17.1 Å². The number of imidazole rings is 1. The lowest BCUT2D eigenvalue weighted by molar-refractivity contribution is 0.316. The van der Waals surface area contributed by atoms with Gasteiger partial charge in [0.1, 0.15) is 17.1 Å². The predicted molar refractivity (Wildman–Crippen MR) is 107 cm³/mol. The number of aryl methyl sites for hydroxylation is 1. The number of aromatic nitrogens is 3. The maximum atomic E-state index is 11.9. The minimum absolute atomic E-state index is 0.196. The summed E-state index contributed by atoms with van der Waals surface area (Å²) in [5.74, 6) is 2.31. The zero-order valence-electron chi connectivity index (χ0n) is 15.7. The minimum atomic E-state index is -3.33. The lowest BCUT2D eigenvalue weighted by atomic mass is 10.2. The van der Waals surface area contributed by atoms with Crippen molar-refractivity contribution in [3.63, 3.8) is 0 Å². The van der Waals surface area contributed by atoms with E-state index in [1.54, 1.807) is 12.3 Å². The summed E-state index contributed by atoms with van der Waals surface area (Å²) in [6, 6.07) is 5.73. The molecule has 3 aromatic rings. The van der Waals surface area contributed by atoms with Gasteiger partial charge in [0.25, 0.3) is 0 Å². The second-order valence-electron chi connectivity index (χ2n) is 7.64. The molecule has 1 aliphatic heterocycles. The molecule has 0 spiro atoms. The van der Waals surface area contributed by atoms with Crippen molar-refractivity contribution in [3.05, 3.63) is 30.6 Å². The molecule has 0 amide bonds. The Labute approximate surface area is 163 Å². The summed E-state index contributed by atoms with van der Waals surface area (Å²) in [7, 11) is -3.33. The third-order valence-electron chi connectivity index (χ3n) is 5.28. The highest BCUT2D eigenvalue weighted by Gasteiger charge is 2.23. The number of pyridine rings is 1. The molecule has 5 rings (SSSR count). The zero-order valence-corrected chi connectivity index (χ0v) is 16.5. The van der Waals surface area contributed by atoms with E-state index in [1.165, 1.54) is 25.3 Å². The van der Waals surface area contributed by atoms with Crippen molar-refractivity contribution < 1.29 is 13.2 Å². The summed E-state index contributed by atoms with van der Waals surface area (Å²) in [6.45, 7) is 2.37. The fourth-order valence-corrected chi connectivity index (χ4v) is 4.21. The third-order valence-corrected chi connectivity index (χ3v) is 6.36. The van der Waals surface area contributed by atoms with Crippen molar-refractivity contribution in [2.45, 2.75) is 30.7 Å². The van der Waals surface area contributed by atoms with Crippen molar-refractivity contribution in [1.29, 1.82) is 0 Å². The van der Waals surface area contributed by atoms with Gasteiger partial charge in [-0.25, -0.2) is 13.4 Å². The quantitative estimate of drug-likeness (QED) is 0.711. The second-order valence-corrected chi connectivity index (χ2v) is 9.65. The van der Waals surface area contributed by atoms with E-state index in [0.29, 0.717) is 12.2 Å². The fourth-order valence-electron chi connectivity index (χ4n) is 3.61. The molecular formula is C20H22N4O3S. The molecule has 2 aromatic heterocycles. The minimum Gasteiger partial charge on any atom is -0.491 e. The summed E-state index contributed by atoms with van der Waals surface area (Å²) in [5, 5.41) is 3.49. The topological polar surface area (TPSA) is 86.1 Å². The summed E-state index contributed by atoms with van der Waals surface area (Å²) < 4.78 is 32.0. The molecule has 7 nitrogen and oxygen atoms in total. The predicted octanol–water partition coefficient (Wildman–Crippen LogP) is 3.11. The van der Waals surface area contributed by atoms with Crippen LogP contribution in [0.25, 0.3) is 22.4 Å². The lowest BCUT2D eigenvalue weighted by Gasteiger charge is -2.10. The lowest BCUT2D eigenvalue weighted by Crippen LogP contribution is -2.03. The number of hydrogen-bond donors (Lipinski definition) is 1. The maximum Gasteiger partial charge on any atom is 0.177 e. The van der Waals surface area contributed by atoms with Crippen LogP contribution in [0.1, 0.15) is 19.3 Å². The zero-order chi connectivity index (χ0) is 19.3. The van der Waals surface area contributed by atoms with Gasteiger partial charge in [0.05, 0.1) is 17.0 Å². The average Bonchev–Trinajstić information content (AvgIpc) is 3.45. The van der Waals surface area contributed by atoms with Crippen LogP contribution in [0.15, 0.2) is 35.5 Å². The summed E-state index contributed by atoms with van der Waals surface area (Å²) in [5.41, 5.74) is 3.50. The van der Waals surface area contributed by atoms with E-state index in [1.807, 2.05) is 12.1 Å². The van der Waals surface area contributed by atoms with Crippen LogP contribution in [0.5, 0.6) is 5.75 Å². The van der Waals surface area contributed by atoms with Crippen LogP contribution in [0, 0.1) is 5.92 Å². The molecular weight excluding hydrogens is 376 g/mol. The van der Waals surface area contributed by atoms with Gasteiger partial charge in [-0.2, -0.15) is 0 Å². The number of sulfone groups is 1. The highest BCUT2D eigenvalue weighted by Crippen LogP contribution is 2.37. The molecule has 1 aromatic carbocycles. The van der Waals surface area contributed by atoms with Gasteiger partial charge < -0.3 is 14.6 Å². The first-order chi connectivity index (χ1) is 13.5. The van der Waals surface area contributed by atoms with Gasteiger partial charge in [-0.05, 0) is 37.3 Å². The van der Waals surface area contributed by atoms with Crippen LogP contribution in [0.3, 0.4) is 0 Å². The fraction of sp³-hybridized carbons (Fsp3) is 0.400. The Bertz CT molecular complexity index is 1170. The molecule has 1 saturated carbocycles. The monoisotopic (exact) mass is 398 g/mol. The Balaban J connectivity index is 1.64. The Morgan fingerprint density at radius 3 is 2.89 bits per heavy atom. The smallest absolute Gasteiger partial charge is 0.177 e. The van der Waals surface area contributed by atoms with Crippen LogP contribution in [0.4, 0.5) is 5.69 Å². The van der Waals surface area contributed by atoms with Crippen molar-refractivity contribution in [2.24, 2.45) is 5.92 Å². The number of anilines is 1. The normalized spacial score (nSPS) is 16.6. The number of nitrogens with zero attached hydrogens (tertiary/aromatic N) is 3. The highest BCUT2D eigenvalue weighted by atomic mass is 32.2. The van der Waals surface area contributed by atoms with E-state index in [-0.39, 0.29) is 4.90 Å². The summed E-state index contributed by atoms with van der Waals surface area (Å²) in [4.78, 5) is 9.16. The number of ether oxygens (including phenoxy) is 1. The van der Waals surface area contributed by atoms with Gasteiger partial charge in [0, 0.05) is 49.1 Å². The van der Waals surface area contributed by atoms with Crippen molar-refractivity contribution >= 4 is 26.6 Å². The van der Waals surface area contributed by atoms with Gasteiger partial charge >= 0.3 is 0 Å². The van der Waals surface area contributed by atoms with Crippen molar-refractivity contribution in [1.82, 2.24) is 14.5 Å². The Morgan fingerprint density at radius 1 is 1.25 bits per heavy atom. The third kappa shape index (κ3) is 3.22. The van der Waals surface area contributed by atoms with Crippen LogP contribution >= 0.6 is 0 Å². The molecule has 1 fully saturated rings. The maximum absolute atomic E-state index is 11.9.